The highest BCUT2D eigenvalue weighted by Crippen LogP contribution is 2.16. The van der Waals surface area contributed by atoms with Crippen molar-refractivity contribution < 1.29 is 23.6 Å². The third-order valence-corrected chi connectivity index (χ3v) is 2.26. The highest BCUT2D eigenvalue weighted by Gasteiger charge is 2.19. The second-order valence-electron chi connectivity index (χ2n) is 3.67. The number of nitrogens with one attached hydrogen (secondary N) is 1. The van der Waals surface area contributed by atoms with E-state index in [-0.39, 0.29) is 5.56 Å². The molecule has 102 valence electrons. The molecule has 0 aliphatic heterocycles. The second kappa shape index (κ2) is 5.89. The van der Waals surface area contributed by atoms with E-state index in [1.54, 1.807) is 0 Å². The van der Waals surface area contributed by atoms with Crippen molar-refractivity contribution in [3.8, 4) is 0 Å². The van der Waals surface area contributed by atoms with Crippen LogP contribution in [-0.4, -0.2) is 30.0 Å². The fourth-order valence-corrected chi connectivity index (χ4v) is 1.33. The second-order valence-corrected chi connectivity index (χ2v) is 3.67. The molecule has 7 nitrogen and oxygen atoms in total. The Morgan fingerprint density at radius 1 is 1.42 bits per heavy atom. The number of carbonyl (C=O) groups is 2. The van der Waals surface area contributed by atoms with Gasteiger partial charge in [-0.2, -0.15) is 0 Å². The molecule has 0 spiro atoms. The van der Waals surface area contributed by atoms with Gasteiger partial charge in [-0.15, -0.1) is 0 Å². The molecule has 8 heteroatoms. The van der Waals surface area contributed by atoms with Crippen LogP contribution in [-0.2, 0) is 9.53 Å². The van der Waals surface area contributed by atoms with Crippen molar-refractivity contribution in [1.29, 1.82) is 0 Å². The minimum atomic E-state index is -0.945. The smallest absolute Gasteiger partial charge is 0.328 e. The lowest BCUT2D eigenvalue weighted by Gasteiger charge is -2.11. The van der Waals surface area contributed by atoms with Gasteiger partial charge in [-0.1, -0.05) is 0 Å². The predicted molar refractivity (Wildman–Crippen MR) is 62.0 cm³/mol. The summed E-state index contributed by atoms with van der Waals surface area (Å²) in [5.41, 5.74) is -0.793. The lowest BCUT2D eigenvalue weighted by molar-refractivity contribution is -0.385. The van der Waals surface area contributed by atoms with Crippen LogP contribution < -0.4 is 5.32 Å². The molecule has 1 aromatic carbocycles. The van der Waals surface area contributed by atoms with Crippen LogP contribution in [0.3, 0.4) is 0 Å². The van der Waals surface area contributed by atoms with Gasteiger partial charge in [-0.05, 0) is 13.0 Å². The Morgan fingerprint density at radius 2 is 2.05 bits per heavy atom. The predicted octanol–water partition coefficient (Wildman–Crippen LogP) is 1.03. The molecule has 1 amide bonds. The fraction of sp³-hybridized carbons (Fsp3) is 0.273. The van der Waals surface area contributed by atoms with E-state index in [0.717, 1.165) is 19.2 Å². The molecule has 0 radical (unpaired) electrons. The van der Waals surface area contributed by atoms with Gasteiger partial charge in [-0.3, -0.25) is 14.9 Å². The Hall–Kier alpha value is -2.51. The molecule has 0 aliphatic carbocycles. The summed E-state index contributed by atoms with van der Waals surface area (Å²) >= 11 is 0. The first-order chi connectivity index (χ1) is 8.85. The first kappa shape index (κ1) is 14.6. The molecule has 1 N–H and O–H groups in total. The molecule has 0 fully saturated rings. The summed E-state index contributed by atoms with van der Waals surface area (Å²) in [5.74, 6) is -2.40. The highest BCUT2D eigenvalue weighted by atomic mass is 19.1. The number of esters is 1. The number of nitrogens with zero attached hydrogens (tertiary/aromatic N) is 1. The third-order valence-electron chi connectivity index (χ3n) is 2.26. The van der Waals surface area contributed by atoms with E-state index in [9.17, 15) is 24.1 Å². The van der Waals surface area contributed by atoms with E-state index < -0.39 is 34.3 Å². The van der Waals surface area contributed by atoms with Crippen molar-refractivity contribution in [2.75, 3.05) is 7.11 Å². The molecule has 1 atom stereocenters. The molecular weight excluding hydrogens is 259 g/mol. The number of carbonyl (C=O) groups excluding carboxylic acids is 2. The lowest BCUT2D eigenvalue weighted by Crippen LogP contribution is -2.39. The van der Waals surface area contributed by atoms with Crippen molar-refractivity contribution in [2.24, 2.45) is 0 Å². The summed E-state index contributed by atoms with van der Waals surface area (Å²) in [6.45, 7) is 1.37. The summed E-state index contributed by atoms with van der Waals surface area (Å²) in [5, 5.41) is 12.8. The molecule has 0 saturated heterocycles. The Kier molecular flexibility index (Phi) is 4.51. The molecular formula is C11H11FN2O5. The molecule has 0 aliphatic rings. The van der Waals surface area contributed by atoms with Crippen LogP contribution in [0.2, 0.25) is 0 Å². The number of amides is 1. The van der Waals surface area contributed by atoms with Gasteiger partial charge in [-0.25, -0.2) is 9.18 Å². The molecule has 19 heavy (non-hydrogen) atoms. The number of nitro groups is 1. The van der Waals surface area contributed by atoms with Gasteiger partial charge in [0.05, 0.1) is 18.1 Å². The Morgan fingerprint density at radius 3 is 2.58 bits per heavy atom. The van der Waals surface area contributed by atoms with Gasteiger partial charge in [0.2, 0.25) is 0 Å². The SMILES string of the molecule is COC(=O)C(C)NC(=O)c1cc(F)cc([N+](=O)[O-])c1. The monoisotopic (exact) mass is 270 g/mol. The number of benzene rings is 1. The number of rotatable bonds is 4. The van der Waals surface area contributed by atoms with Gasteiger partial charge in [0, 0.05) is 11.6 Å². The van der Waals surface area contributed by atoms with Gasteiger partial charge >= 0.3 is 5.97 Å². The molecule has 0 bridgehead atoms. The third kappa shape index (κ3) is 3.73. The zero-order valence-corrected chi connectivity index (χ0v) is 10.2. The van der Waals surface area contributed by atoms with Crippen molar-refractivity contribution in [2.45, 2.75) is 13.0 Å². The molecule has 1 rings (SSSR count). The maximum absolute atomic E-state index is 13.1. The largest absolute Gasteiger partial charge is 0.467 e. The van der Waals surface area contributed by atoms with Crippen LogP contribution in [0.25, 0.3) is 0 Å². The fourth-order valence-electron chi connectivity index (χ4n) is 1.33. The van der Waals surface area contributed by atoms with Crippen molar-refractivity contribution in [3.63, 3.8) is 0 Å². The first-order valence-electron chi connectivity index (χ1n) is 5.19. The van der Waals surface area contributed by atoms with Gasteiger partial charge in [0.1, 0.15) is 11.9 Å². The zero-order chi connectivity index (χ0) is 14.6. The summed E-state index contributed by atoms with van der Waals surface area (Å²) in [7, 11) is 1.15. The summed E-state index contributed by atoms with van der Waals surface area (Å²) in [6.07, 6.45) is 0. The van der Waals surface area contributed by atoms with E-state index in [2.05, 4.69) is 10.1 Å². The van der Waals surface area contributed by atoms with Crippen LogP contribution in [0.4, 0.5) is 10.1 Å². The number of halogens is 1. The van der Waals surface area contributed by atoms with Crippen LogP contribution in [0, 0.1) is 15.9 Å². The van der Waals surface area contributed by atoms with E-state index in [1.165, 1.54) is 6.92 Å². The summed E-state index contributed by atoms with van der Waals surface area (Å²) in [6, 6.07) is 1.51. The van der Waals surface area contributed by atoms with Crippen LogP contribution in [0.15, 0.2) is 18.2 Å². The topological polar surface area (TPSA) is 98.5 Å². The average molecular weight is 270 g/mol. The quantitative estimate of drug-likeness (QED) is 0.500. The zero-order valence-electron chi connectivity index (χ0n) is 10.2. The number of hydrogen-bond acceptors (Lipinski definition) is 5. The molecule has 1 aromatic rings. The van der Waals surface area contributed by atoms with Crippen molar-refractivity contribution in [3.05, 3.63) is 39.7 Å². The van der Waals surface area contributed by atoms with E-state index in [0.29, 0.717) is 6.07 Å². The number of methoxy groups -OCH3 is 1. The molecule has 0 aromatic heterocycles. The van der Waals surface area contributed by atoms with Crippen LogP contribution in [0.1, 0.15) is 17.3 Å². The highest BCUT2D eigenvalue weighted by molar-refractivity contribution is 5.97. The van der Waals surface area contributed by atoms with E-state index >= 15 is 0 Å². The summed E-state index contributed by atoms with van der Waals surface area (Å²) in [4.78, 5) is 32.5. The van der Waals surface area contributed by atoms with Gasteiger partial charge < -0.3 is 10.1 Å². The molecule has 0 saturated carbocycles. The first-order valence-corrected chi connectivity index (χ1v) is 5.19. The Labute approximate surface area is 107 Å². The van der Waals surface area contributed by atoms with E-state index in [1.807, 2.05) is 0 Å². The maximum Gasteiger partial charge on any atom is 0.328 e. The molecule has 0 heterocycles. The Balaban J connectivity index is 2.94. The minimum absolute atomic E-state index is 0.248. The maximum atomic E-state index is 13.1. The minimum Gasteiger partial charge on any atom is -0.467 e. The van der Waals surface area contributed by atoms with Gasteiger partial charge in [0.25, 0.3) is 11.6 Å². The lowest BCUT2D eigenvalue weighted by atomic mass is 10.1. The summed E-state index contributed by atoms with van der Waals surface area (Å²) < 4.78 is 17.5. The number of non-ortho nitro benzene ring substituents is 1. The Bertz CT molecular complexity index is 532. The normalized spacial score (nSPS) is 11.5. The van der Waals surface area contributed by atoms with Crippen LogP contribution in [0.5, 0.6) is 0 Å². The number of hydrogen-bond donors (Lipinski definition) is 1. The van der Waals surface area contributed by atoms with Gasteiger partial charge in [0.15, 0.2) is 0 Å². The van der Waals surface area contributed by atoms with E-state index in [4.69, 9.17) is 0 Å². The standard InChI is InChI=1S/C11H11FN2O5/c1-6(11(16)19-2)13-10(15)7-3-8(12)5-9(4-7)14(17)18/h3-6H,1-2H3,(H,13,15). The number of nitro benzene ring substituents is 1. The number of ether oxygens (including phenoxy) is 1. The van der Waals surface area contributed by atoms with Crippen molar-refractivity contribution >= 4 is 17.6 Å². The molecule has 1 unspecified atom stereocenters. The van der Waals surface area contributed by atoms with Crippen LogP contribution >= 0.6 is 0 Å². The average Bonchev–Trinajstić information content (AvgIpc) is 2.36. The van der Waals surface area contributed by atoms with Crippen molar-refractivity contribution in [1.82, 2.24) is 5.32 Å².